The van der Waals surface area contributed by atoms with E-state index in [1.54, 1.807) is 24.1 Å². The maximum absolute atomic E-state index is 13.3. The first-order valence-electron chi connectivity index (χ1n) is 11.4. The van der Waals surface area contributed by atoms with Crippen LogP contribution in [0.3, 0.4) is 0 Å². The van der Waals surface area contributed by atoms with E-state index >= 15 is 0 Å². The van der Waals surface area contributed by atoms with Gasteiger partial charge in [0.15, 0.2) is 0 Å². The zero-order valence-electron chi connectivity index (χ0n) is 18.9. The summed E-state index contributed by atoms with van der Waals surface area (Å²) in [7, 11) is 3.55. The number of ketones is 1. The molecular weight excluding hydrogens is 420 g/mol. The number of nitrogens with zero attached hydrogens (tertiary/aromatic N) is 2. The van der Waals surface area contributed by atoms with Crippen molar-refractivity contribution in [2.24, 2.45) is 0 Å². The molecular formula is C26H28N2O5. The normalized spacial score (nSPS) is 22.4. The van der Waals surface area contributed by atoms with Crippen LogP contribution in [0.5, 0.6) is 11.5 Å². The standard InChI is InChI=1S/C26H28N2O5/c1-27-13-14-33-21-12-9-17(15-20(21)27)24(29)22-23(16-7-10-19(32-2)11-8-16)28(26(31)25(22)30)18-5-3-4-6-18/h7-12,15,18,23,29H,3-6,13-14H2,1-2H3/b24-22-. The third-order valence-corrected chi connectivity index (χ3v) is 6.96. The molecule has 1 atom stereocenters. The lowest BCUT2D eigenvalue weighted by Gasteiger charge is -2.31. The molecule has 2 aliphatic heterocycles. The van der Waals surface area contributed by atoms with E-state index in [0.29, 0.717) is 17.9 Å². The van der Waals surface area contributed by atoms with Crippen molar-refractivity contribution in [2.75, 3.05) is 32.2 Å². The summed E-state index contributed by atoms with van der Waals surface area (Å²) in [5.74, 6) is 0.0920. The average molecular weight is 449 g/mol. The Balaban J connectivity index is 1.64. The van der Waals surface area contributed by atoms with Crippen LogP contribution >= 0.6 is 0 Å². The predicted octanol–water partition coefficient (Wildman–Crippen LogP) is 3.89. The number of aliphatic hydroxyl groups excluding tert-OH is 1. The van der Waals surface area contributed by atoms with Crippen molar-refractivity contribution in [2.45, 2.75) is 37.8 Å². The zero-order valence-corrected chi connectivity index (χ0v) is 18.9. The number of amides is 1. The molecule has 0 radical (unpaired) electrons. The molecule has 2 aromatic carbocycles. The number of carbonyl (C=O) groups is 2. The Hall–Kier alpha value is -3.48. The third-order valence-electron chi connectivity index (χ3n) is 6.96. The summed E-state index contributed by atoms with van der Waals surface area (Å²) in [6.07, 6.45) is 3.78. The van der Waals surface area contributed by atoms with E-state index in [9.17, 15) is 14.7 Å². The molecule has 0 spiro atoms. The van der Waals surface area contributed by atoms with Gasteiger partial charge < -0.3 is 24.4 Å². The van der Waals surface area contributed by atoms with E-state index < -0.39 is 17.7 Å². The minimum atomic E-state index is -0.637. The van der Waals surface area contributed by atoms with Crippen molar-refractivity contribution in [3.63, 3.8) is 0 Å². The summed E-state index contributed by atoms with van der Waals surface area (Å²) in [6.45, 7) is 1.33. The highest BCUT2D eigenvalue weighted by Crippen LogP contribution is 2.44. The smallest absolute Gasteiger partial charge is 0.295 e. The Labute approximate surface area is 193 Å². The van der Waals surface area contributed by atoms with Gasteiger partial charge in [-0.05, 0) is 48.7 Å². The SMILES string of the molecule is COc1ccc(C2/C(=C(/O)c3ccc4c(c3)N(C)CCO4)C(=O)C(=O)N2C2CCCC2)cc1. The van der Waals surface area contributed by atoms with Gasteiger partial charge in [-0.1, -0.05) is 25.0 Å². The number of hydrogen-bond acceptors (Lipinski definition) is 6. The highest BCUT2D eigenvalue weighted by molar-refractivity contribution is 6.46. The van der Waals surface area contributed by atoms with Crippen LogP contribution in [0.25, 0.3) is 5.76 Å². The number of fused-ring (bicyclic) bond motifs is 1. The van der Waals surface area contributed by atoms with Crippen LogP contribution in [-0.4, -0.2) is 55.0 Å². The maximum Gasteiger partial charge on any atom is 0.295 e. The zero-order chi connectivity index (χ0) is 23.1. The van der Waals surface area contributed by atoms with Gasteiger partial charge in [-0.15, -0.1) is 0 Å². The van der Waals surface area contributed by atoms with E-state index in [2.05, 4.69) is 0 Å². The molecule has 5 rings (SSSR count). The van der Waals surface area contributed by atoms with Crippen molar-refractivity contribution < 1.29 is 24.2 Å². The van der Waals surface area contributed by atoms with E-state index in [4.69, 9.17) is 9.47 Å². The first-order chi connectivity index (χ1) is 16.0. The van der Waals surface area contributed by atoms with Crippen LogP contribution in [-0.2, 0) is 9.59 Å². The second-order valence-corrected chi connectivity index (χ2v) is 8.87. The summed E-state index contributed by atoms with van der Waals surface area (Å²) in [5.41, 5.74) is 2.25. The molecule has 1 aliphatic carbocycles. The van der Waals surface area contributed by atoms with Crippen molar-refractivity contribution in [3.05, 3.63) is 59.2 Å². The van der Waals surface area contributed by atoms with E-state index in [1.165, 1.54) is 0 Å². The van der Waals surface area contributed by atoms with E-state index in [1.807, 2.05) is 42.3 Å². The molecule has 1 N–H and O–H groups in total. The molecule has 7 nitrogen and oxygen atoms in total. The lowest BCUT2D eigenvalue weighted by atomic mass is 9.94. The van der Waals surface area contributed by atoms with Gasteiger partial charge in [0.05, 0.1) is 31.0 Å². The van der Waals surface area contributed by atoms with Crippen LogP contribution in [0, 0.1) is 0 Å². The van der Waals surface area contributed by atoms with Gasteiger partial charge in [-0.25, -0.2) is 0 Å². The lowest BCUT2D eigenvalue weighted by Crippen LogP contribution is -2.37. The Morgan fingerprint density at radius 3 is 2.52 bits per heavy atom. The number of aliphatic hydroxyl groups is 1. The molecule has 7 heteroatoms. The van der Waals surface area contributed by atoms with Crippen molar-refractivity contribution in [3.8, 4) is 11.5 Å². The van der Waals surface area contributed by atoms with Crippen molar-refractivity contribution in [1.29, 1.82) is 0 Å². The molecule has 2 fully saturated rings. The van der Waals surface area contributed by atoms with Gasteiger partial charge in [0.25, 0.3) is 11.7 Å². The summed E-state index contributed by atoms with van der Waals surface area (Å²) >= 11 is 0. The Morgan fingerprint density at radius 2 is 1.82 bits per heavy atom. The minimum Gasteiger partial charge on any atom is -0.507 e. The highest BCUT2D eigenvalue weighted by atomic mass is 16.5. The second kappa shape index (κ2) is 8.46. The van der Waals surface area contributed by atoms with Crippen molar-refractivity contribution >= 4 is 23.1 Å². The summed E-state index contributed by atoms with van der Waals surface area (Å²) in [6, 6.07) is 12.1. The van der Waals surface area contributed by atoms with E-state index in [0.717, 1.165) is 49.2 Å². The number of Topliss-reactive ketones (excluding diaryl/α,β-unsaturated/α-hetero) is 1. The summed E-state index contributed by atoms with van der Waals surface area (Å²) in [5, 5.41) is 11.4. The fraction of sp³-hybridized carbons (Fsp3) is 0.385. The number of rotatable bonds is 4. The first kappa shape index (κ1) is 21.4. The fourth-order valence-electron chi connectivity index (χ4n) is 5.18. The monoisotopic (exact) mass is 448 g/mol. The largest absolute Gasteiger partial charge is 0.507 e. The van der Waals surface area contributed by atoms with Crippen molar-refractivity contribution in [1.82, 2.24) is 4.90 Å². The van der Waals surface area contributed by atoms with E-state index in [-0.39, 0.29) is 17.4 Å². The van der Waals surface area contributed by atoms with Gasteiger partial charge in [0.1, 0.15) is 23.9 Å². The number of ether oxygens (including phenoxy) is 2. The highest BCUT2D eigenvalue weighted by Gasteiger charge is 2.49. The van der Waals surface area contributed by atoms with Gasteiger partial charge in [-0.3, -0.25) is 9.59 Å². The predicted molar refractivity (Wildman–Crippen MR) is 125 cm³/mol. The number of methoxy groups -OCH3 is 1. The Morgan fingerprint density at radius 1 is 1.09 bits per heavy atom. The molecule has 1 unspecified atom stereocenters. The van der Waals surface area contributed by atoms with Gasteiger partial charge in [0, 0.05) is 18.7 Å². The number of carbonyl (C=O) groups excluding carboxylic acids is 2. The molecule has 1 saturated carbocycles. The number of likely N-dealkylation sites (N-methyl/N-ethyl adjacent to an activating group) is 1. The summed E-state index contributed by atoms with van der Waals surface area (Å²) < 4.78 is 11.0. The number of anilines is 1. The molecule has 0 bridgehead atoms. The van der Waals surface area contributed by atoms with Crippen LogP contribution in [0.15, 0.2) is 48.0 Å². The lowest BCUT2D eigenvalue weighted by molar-refractivity contribution is -0.141. The topological polar surface area (TPSA) is 79.3 Å². The van der Waals surface area contributed by atoms with Crippen LogP contribution in [0.1, 0.15) is 42.9 Å². The van der Waals surface area contributed by atoms with Crippen LogP contribution in [0.2, 0.25) is 0 Å². The molecule has 172 valence electrons. The Kier molecular flexibility index (Phi) is 5.48. The maximum atomic E-state index is 13.3. The van der Waals surface area contributed by atoms with Gasteiger partial charge >= 0.3 is 0 Å². The second-order valence-electron chi connectivity index (χ2n) is 8.87. The summed E-state index contributed by atoms with van der Waals surface area (Å²) in [4.78, 5) is 30.2. The third kappa shape index (κ3) is 3.61. The number of benzene rings is 2. The van der Waals surface area contributed by atoms with Crippen LogP contribution in [0.4, 0.5) is 5.69 Å². The molecule has 2 aromatic rings. The number of likely N-dealkylation sites (tertiary alicyclic amines) is 1. The molecule has 3 aliphatic rings. The molecule has 1 saturated heterocycles. The molecule has 1 amide bonds. The average Bonchev–Trinajstić information content (AvgIpc) is 3.45. The first-order valence-corrected chi connectivity index (χ1v) is 11.4. The van der Waals surface area contributed by atoms with Gasteiger partial charge in [0.2, 0.25) is 0 Å². The quantitative estimate of drug-likeness (QED) is 0.434. The molecule has 0 aromatic heterocycles. The minimum absolute atomic E-state index is 0.0121. The number of hydrogen-bond donors (Lipinski definition) is 1. The van der Waals surface area contributed by atoms with Crippen LogP contribution < -0.4 is 14.4 Å². The molecule has 33 heavy (non-hydrogen) atoms. The molecule has 2 heterocycles. The van der Waals surface area contributed by atoms with Gasteiger partial charge in [-0.2, -0.15) is 0 Å². The fourth-order valence-corrected chi connectivity index (χ4v) is 5.18. The Bertz CT molecular complexity index is 1120.